The molecule has 0 aliphatic heterocycles. The molecule has 3 nitrogen and oxygen atoms in total. The van der Waals surface area contributed by atoms with Gasteiger partial charge in [-0.25, -0.2) is 8.78 Å². The highest BCUT2D eigenvalue weighted by Gasteiger charge is 2.14. The number of rotatable bonds is 6. The third-order valence-corrected chi connectivity index (χ3v) is 4.32. The molecule has 0 spiro atoms. The fourth-order valence-electron chi connectivity index (χ4n) is 2.26. The Kier molecular flexibility index (Phi) is 5.96. The monoisotopic (exact) mass is 385 g/mol. The molecule has 2 aromatic rings. The van der Waals surface area contributed by atoms with E-state index in [1.807, 2.05) is 19.1 Å². The molecule has 0 radical (unpaired) electrons. The molecule has 6 heteroatoms. The number of nitrogens with one attached hydrogen (secondary N) is 1. The zero-order valence-electron chi connectivity index (χ0n) is 13.1. The number of benzene rings is 2. The lowest BCUT2D eigenvalue weighted by Crippen LogP contribution is -2.19. The van der Waals surface area contributed by atoms with Gasteiger partial charge in [-0.1, -0.05) is 22.0 Å². The summed E-state index contributed by atoms with van der Waals surface area (Å²) >= 11 is 3.48. The first-order valence-electron chi connectivity index (χ1n) is 7.05. The van der Waals surface area contributed by atoms with Crippen LogP contribution in [-0.4, -0.2) is 14.2 Å². The van der Waals surface area contributed by atoms with E-state index >= 15 is 0 Å². The third-order valence-electron chi connectivity index (χ3n) is 3.58. The second-order valence-corrected chi connectivity index (χ2v) is 5.92. The first-order chi connectivity index (χ1) is 11.0. The first-order valence-corrected chi connectivity index (χ1v) is 7.84. The van der Waals surface area contributed by atoms with Gasteiger partial charge in [0.1, 0.15) is 11.6 Å². The summed E-state index contributed by atoms with van der Waals surface area (Å²) in [6.07, 6.45) is 0. The molecule has 23 heavy (non-hydrogen) atoms. The van der Waals surface area contributed by atoms with Gasteiger partial charge in [-0.05, 0) is 30.7 Å². The minimum absolute atomic E-state index is 0.268. The van der Waals surface area contributed by atoms with Crippen LogP contribution in [0.2, 0.25) is 0 Å². The van der Waals surface area contributed by atoms with E-state index in [0.717, 1.165) is 16.1 Å². The molecule has 2 rings (SSSR count). The molecule has 2 aromatic carbocycles. The fourth-order valence-corrected chi connectivity index (χ4v) is 2.72. The maximum Gasteiger partial charge on any atom is 0.161 e. The lowest BCUT2D eigenvalue weighted by atomic mass is 10.1. The Morgan fingerprint density at radius 1 is 1.09 bits per heavy atom. The number of hydrogen-bond acceptors (Lipinski definition) is 3. The molecule has 0 saturated heterocycles. The van der Waals surface area contributed by atoms with Crippen molar-refractivity contribution in [2.45, 2.75) is 19.5 Å². The summed E-state index contributed by atoms with van der Waals surface area (Å²) in [5, 5.41) is 3.22. The number of ether oxygens (including phenoxy) is 2. The predicted octanol–water partition coefficient (Wildman–Crippen LogP) is 4.60. The van der Waals surface area contributed by atoms with E-state index < -0.39 is 11.6 Å². The van der Waals surface area contributed by atoms with Gasteiger partial charge in [0, 0.05) is 28.7 Å². The van der Waals surface area contributed by atoms with Crippen LogP contribution in [-0.2, 0) is 6.54 Å². The summed E-state index contributed by atoms with van der Waals surface area (Å²) in [7, 11) is 3.14. The van der Waals surface area contributed by atoms with Gasteiger partial charge in [0.2, 0.25) is 0 Å². The molecule has 0 bridgehead atoms. The zero-order chi connectivity index (χ0) is 17.0. The van der Waals surface area contributed by atoms with Gasteiger partial charge in [0.25, 0.3) is 0 Å². The maximum atomic E-state index is 13.8. The Balaban J connectivity index is 2.14. The van der Waals surface area contributed by atoms with Crippen LogP contribution >= 0.6 is 15.9 Å². The summed E-state index contributed by atoms with van der Waals surface area (Å²) in [4.78, 5) is 0. The van der Waals surface area contributed by atoms with Gasteiger partial charge in [0.15, 0.2) is 11.5 Å². The fraction of sp³-hybridized carbons (Fsp3) is 0.294. The minimum Gasteiger partial charge on any atom is -0.493 e. The Hall–Kier alpha value is -1.66. The highest BCUT2D eigenvalue weighted by molar-refractivity contribution is 9.10. The van der Waals surface area contributed by atoms with Crippen LogP contribution in [0.3, 0.4) is 0 Å². The Bertz CT molecular complexity index is 695. The molecule has 0 aliphatic carbocycles. The van der Waals surface area contributed by atoms with Gasteiger partial charge in [-0.15, -0.1) is 0 Å². The van der Waals surface area contributed by atoms with E-state index in [1.54, 1.807) is 14.2 Å². The first kappa shape index (κ1) is 17.7. The Labute approximate surface area is 142 Å². The quantitative estimate of drug-likeness (QED) is 0.788. The standard InChI is InChI=1S/C17H18BrF2NO2/c1-10(13-5-4-12(19)7-15(13)20)21-9-11-6-16(22-2)17(23-3)8-14(11)18/h4-8,10,21H,9H2,1-3H3/t10-/m0/s1. The summed E-state index contributed by atoms with van der Waals surface area (Å²) < 4.78 is 38.1. The molecule has 1 atom stereocenters. The van der Waals surface area contributed by atoms with Gasteiger partial charge >= 0.3 is 0 Å². The average Bonchev–Trinajstić information content (AvgIpc) is 2.53. The molecule has 0 heterocycles. The SMILES string of the molecule is COc1cc(Br)c(CN[C@@H](C)c2ccc(F)cc2F)cc1OC. The highest BCUT2D eigenvalue weighted by Crippen LogP contribution is 2.33. The second-order valence-electron chi connectivity index (χ2n) is 5.07. The molecule has 0 saturated carbocycles. The molecule has 0 aromatic heterocycles. The Morgan fingerprint density at radius 2 is 1.74 bits per heavy atom. The molecule has 1 N–H and O–H groups in total. The van der Waals surface area contributed by atoms with Gasteiger partial charge in [-0.3, -0.25) is 0 Å². The molecule has 0 amide bonds. The van der Waals surface area contributed by atoms with Crippen LogP contribution < -0.4 is 14.8 Å². The van der Waals surface area contributed by atoms with Crippen molar-refractivity contribution in [2.75, 3.05) is 14.2 Å². The van der Waals surface area contributed by atoms with Crippen molar-refractivity contribution in [1.82, 2.24) is 5.32 Å². The lowest BCUT2D eigenvalue weighted by Gasteiger charge is -2.17. The summed E-state index contributed by atoms with van der Waals surface area (Å²) in [6, 6.07) is 6.99. The normalized spacial score (nSPS) is 12.1. The van der Waals surface area contributed by atoms with E-state index in [1.165, 1.54) is 12.1 Å². The van der Waals surface area contributed by atoms with Crippen LogP contribution in [0.15, 0.2) is 34.8 Å². The van der Waals surface area contributed by atoms with Crippen molar-refractivity contribution in [3.8, 4) is 11.5 Å². The molecule has 0 aliphatic rings. The lowest BCUT2D eigenvalue weighted by molar-refractivity contribution is 0.354. The molecule has 124 valence electrons. The molecular formula is C17H18BrF2NO2. The second kappa shape index (κ2) is 7.75. The third kappa shape index (κ3) is 4.20. The van der Waals surface area contributed by atoms with E-state index in [2.05, 4.69) is 21.2 Å². The van der Waals surface area contributed by atoms with Crippen molar-refractivity contribution in [1.29, 1.82) is 0 Å². The number of halogens is 3. The van der Waals surface area contributed by atoms with Crippen molar-refractivity contribution < 1.29 is 18.3 Å². The van der Waals surface area contributed by atoms with Crippen LogP contribution in [0, 0.1) is 11.6 Å². The molecular weight excluding hydrogens is 368 g/mol. The van der Waals surface area contributed by atoms with Gasteiger partial charge in [-0.2, -0.15) is 0 Å². The van der Waals surface area contributed by atoms with Crippen molar-refractivity contribution in [2.24, 2.45) is 0 Å². The minimum atomic E-state index is -0.582. The summed E-state index contributed by atoms with van der Waals surface area (Å²) in [5.41, 5.74) is 1.36. The van der Waals surface area contributed by atoms with Gasteiger partial charge < -0.3 is 14.8 Å². The van der Waals surface area contributed by atoms with E-state index in [-0.39, 0.29) is 6.04 Å². The number of hydrogen-bond donors (Lipinski definition) is 1. The topological polar surface area (TPSA) is 30.5 Å². The van der Waals surface area contributed by atoms with Crippen LogP contribution in [0.5, 0.6) is 11.5 Å². The van der Waals surface area contributed by atoms with E-state index in [9.17, 15) is 8.78 Å². The van der Waals surface area contributed by atoms with Crippen LogP contribution in [0.1, 0.15) is 24.1 Å². The molecule has 0 unspecified atom stereocenters. The summed E-state index contributed by atoms with van der Waals surface area (Å²) in [6.45, 7) is 2.31. The number of methoxy groups -OCH3 is 2. The van der Waals surface area contributed by atoms with Crippen molar-refractivity contribution in [3.63, 3.8) is 0 Å². The van der Waals surface area contributed by atoms with Crippen molar-refractivity contribution >= 4 is 15.9 Å². The smallest absolute Gasteiger partial charge is 0.161 e. The largest absolute Gasteiger partial charge is 0.493 e. The average molecular weight is 386 g/mol. The zero-order valence-corrected chi connectivity index (χ0v) is 14.7. The van der Waals surface area contributed by atoms with Crippen LogP contribution in [0.4, 0.5) is 8.78 Å². The van der Waals surface area contributed by atoms with E-state index in [0.29, 0.717) is 23.6 Å². The van der Waals surface area contributed by atoms with E-state index in [4.69, 9.17) is 9.47 Å². The predicted molar refractivity (Wildman–Crippen MR) is 88.9 cm³/mol. The Morgan fingerprint density at radius 3 is 2.35 bits per heavy atom. The maximum absolute atomic E-state index is 13.8. The van der Waals surface area contributed by atoms with Gasteiger partial charge in [0.05, 0.1) is 14.2 Å². The van der Waals surface area contributed by atoms with Crippen LogP contribution in [0.25, 0.3) is 0 Å². The highest BCUT2D eigenvalue weighted by atomic mass is 79.9. The molecule has 0 fully saturated rings. The summed E-state index contributed by atoms with van der Waals surface area (Å²) in [5.74, 6) is 0.103. The van der Waals surface area contributed by atoms with Crippen molar-refractivity contribution in [3.05, 3.63) is 57.6 Å².